The number of aromatic nitrogens is 1. The molecule has 1 fully saturated rings. The van der Waals surface area contributed by atoms with Crippen LogP contribution in [0.3, 0.4) is 0 Å². The van der Waals surface area contributed by atoms with Crippen molar-refractivity contribution < 1.29 is 19.4 Å². The van der Waals surface area contributed by atoms with Gasteiger partial charge < -0.3 is 9.84 Å². The fourth-order valence-corrected chi connectivity index (χ4v) is 4.63. The number of methoxy groups -OCH3 is 1. The molecular formula is C23H15BrCl2N2O4. The highest BCUT2D eigenvalue weighted by Crippen LogP contribution is 2.45. The van der Waals surface area contributed by atoms with Gasteiger partial charge in [0.2, 0.25) is 0 Å². The molecule has 4 rings (SSSR count). The number of benzene rings is 2. The first-order chi connectivity index (χ1) is 15.3. The predicted molar refractivity (Wildman–Crippen MR) is 126 cm³/mol. The molecular weight excluding hydrogens is 519 g/mol. The summed E-state index contributed by atoms with van der Waals surface area (Å²) in [5.74, 6) is -1.93. The van der Waals surface area contributed by atoms with Crippen LogP contribution in [0.1, 0.15) is 17.2 Å². The molecule has 2 heterocycles. The number of carbonyl (C=O) groups excluding carboxylic acids is 2. The number of hydrogen-bond acceptors (Lipinski definition) is 5. The van der Waals surface area contributed by atoms with Gasteiger partial charge in [-0.2, -0.15) is 0 Å². The van der Waals surface area contributed by atoms with Crippen LogP contribution < -0.4 is 9.64 Å². The van der Waals surface area contributed by atoms with E-state index < -0.39 is 23.5 Å². The Morgan fingerprint density at radius 3 is 2.50 bits per heavy atom. The van der Waals surface area contributed by atoms with Crippen molar-refractivity contribution in [1.82, 2.24) is 4.98 Å². The van der Waals surface area contributed by atoms with Crippen molar-refractivity contribution in [2.45, 2.75) is 6.04 Å². The third-order valence-corrected chi connectivity index (χ3v) is 6.01. The summed E-state index contributed by atoms with van der Waals surface area (Å²) < 4.78 is 6.06. The molecule has 1 aliphatic heterocycles. The molecule has 0 bridgehead atoms. The smallest absolute Gasteiger partial charge is 0.300 e. The number of pyridine rings is 1. The molecule has 1 N–H and O–H groups in total. The summed E-state index contributed by atoms with van der Waals surface area (Å²) >= 11 is 15.8. The highest BCUT2D eigenvalue weighted by Gasteiger charge is 2.47. The lowest BCUT2D eigenvalue weighted by atomic mass is 9.95. The number of ether oxygens (including phenoxy) is 1. The number of amides is 1. The van der Waals surface area contributed by atoms with Gasteiger partial charge in [-0.3, -0.25) is 19.5 Å². The standard InChI is InChI=1S/C23H15BrCl2N2O4/c1-32-22-16(10-14(25)11-17(22)26)20(29)18-19(12-5-7-27-8-6-12)28(23(31)21(18)30)15-4-2-3-13(24)9-15/h2-11,19,29H,1H3/b20-18+. The van der Waals surface area contributed by atoms with Gasteiger partial charge in [-0.05, 0) is 48.0 Å². The zero-order valence-electron chi connectivity index (χ0n) is 16.6. The topological polar surface area (TPSA) is 79.7 Å². The second-order valence-corrected chi connectivity index (χ2v) is 8.66. The molecule has 6 nitrogen and oxygen atoms in total. The van der Waals surface area contributed by atoms with Crippen LogP contribution in [0, 0.1) is 0 Å². The summed E-state index contributed by atoms with van der Waals surface area (Å²) in [6.07, 6.45) is 3.10. The van der Waals surface area contributed by atoms with E-state index in [0.29, 0.717) is 11.3 Å². The molecule has 0 spiro atoms. The fraction of sp³-hybridized carbons (Fsp3) is 0.0870. The van der Waals surface area contributed by atoms with Crippen molar-refractivity contribution in [3.63, 3.8) is 0 Å². The molecule has 1 aliphatic rings. The van der Waals surface area contributed by atoms with Gasteiger partial charge in [-0.15, -0.1) is 0 Å². The van der Waals surface area contributed by atoms with E-state index in [-0.39, 0.29) is 26.9 Å². The number of halogens is 3. The van der Waals surface area contributed by atoms with E-state index in [1.54, 1.807) is 48.8 Å². The number of rotatable bonds is 4. The normalized spacial score (nSPS) is 17.6. The Bertz CT molecular complexity index is 1260. The zero-order valence-corrected chi connectivity index (χ0v) is 19.6. The summed E-state index contributed by atoms with van der Waals surface area (Å²) in [7, 11) is 1.38. The van der Waals surface area contributed by atoms with Gasteiger partial charge in [0.1, 0.15) is 11.5 Å². The SMILES string of the molecule is COc1c(Cl)cc(Cl)cc1/C(O)=C1\C(=O)C(=O)N(c2cccc(Br)c2)C1c1ccncc1. The van der Waals surface area contributed by atoms with Gasteiger partial charge in [-0.1, -0.05) is 45.2 Å². The van der Waals surface area contributed by atoms with Gasteiger partial charge in [0, 0.05) is 27.6 Å². The van der Waals surface area contributed by atoms with Crippen molar-refractivity contribution in [2.24, 2.45) is 0 Å². The van der Waals surface area contributed by atoms with E-state index in [4.69, 9.17) is 27.9 Å². The summed E-state index contributed by atoms with van der Waals surface area (Å²) in [5, 5.41) is 11.7. The van der Waals surface area contributed by atoms with Crippen molar-refractivity contribution in [2.75, 3.05) is 12.0 Å². The molecule has 1 saturated heterocycles. The number of carbonyl (C=O) groups is 2. The van der Waals surface area contributed by atoms with Gasteiger partial charge >= 0.3 is 0 Å². The van der Waals surface area contributed by atoms with Crippen LogP contribution in [0.5, 0.6) is 5.75 Å². The van der Waals surface area contributed by atoms with Crippen LogP contribution in [0.15, 0.2) is 71.0 Å². The van der Waals surface area contributed by atoms with Crippen molar-refractivity contribution in [1.29, 1.82) is 0 Å². The number of aliphatic hydroxyl groups is 1. The fourth-order valence-electron chi connectivity index (χ4n) is 3.67. The molecule has 0 saturated carbocycles. The number of ketones is 1. The maximum absolute atomic E-state index is 13.2. The lowest BCUT2D eigenvalue weighted by Crippen LogP contribution is -2.29. The summed E-state index contributed by atoms with van der Waals surface area (Å²) in [6.45, 7) is 0. The average Bonchev–Trinajstić information content (AvgIpc) is 3.04. The number of Topliss-reactive ketones (excluding diaryl/α,β-unsaturated/α-hetero) is 1. The van der Waals surface area contributed by atoms with Crippen LogP contribution in [-0.4, -0.2) is 28.9 Å². The second kappa shape index (κ2) is 8.94. The minimum absolute atomic E-state index is 0.108. The van der Waals surface area contributed by atoms with Crippen LogP contribution in [0.25, 0.3) is 5.76 Å². The van der Waals surface area contributed by atoms with E-state index in [0.717, 1.165) is 4.47 Å². The first-order valence-electron chi connectivity index (χ1n) is 9.33. The van der Waals surface area contributed by atoms with Crippen LogP contribution in [-0.2, 0) is 9.59 Å². The molecule has 0 radical (unpaired) electrons. The molecule has 1 unspecified atom stereocenters. The number of nitrogens with zero attached hydrogens (tertiary/aromatic N) is 2. The van der Waals surface area contributed by atoms with Crippen molar-refractivity contribution in [3.8, 4) is 5.75 Å². The third kappa shape index (κ3) is 3.88. The van der Waals surface area contributed by atoms with E-state index in [2.05, 4.69) is 20.9 Å². The van der Waals surface area contributed by atoms with E-state index in [1.807, 2.05) is 0 Å². The molecule has 1 atom stereocenters. The third-order valence-electron chi connectivity index (χ3n) is 5.02. The van der Waals surface area contributed by atoms with E-state index in [9.17, 15) is 14.7 Å². The van der Waals surface area contributed by atoms with E-state index >= 15 is 0 Å². The molecule has 1 aromatic heterocycles. The van der Waals surface area contributed by atoms with Gasteiger partial charge in [0.25, 0.3) is 11.7 Å². The monoisotopic (exact) mass is 532 g/mol. The number of anilines is 1. The number of aliphatic hydroxyl groups excluding tert-OH is 1. The maximum Gasteiger partial charge on any atom is 0.300 e. The van der Waals surface area contributed by atoms with Gasteiger partial charge in [0.05, 0.1) is 29.3 Å². The lowest BCUT2D eigenvalue weighted by Gasteiger charge is -2.25. The summed E-state index contributed by atoms with van der Waals surface area (Å²) in [6, 6.07) is 12.3. The zero-order chi connectivity index (χ0) is 23.0. The maximum atomic E-state index is 13.2. The van der Waals surface area contributed by atoms with Crippen LogP contribution in [0.4, 0.5) is 5.69 Å². The Balaban J connectivity index is 2.01. The Labute approximate surface area is 202 Å². The minimum atomic E-state index is -0.908. The largest absolute Gasteiger partial charge is 0.507 e. The minimum Gasteiger partial charge on any atom is -0.507 e. The molecule has 9 heteroatoms. The average molecular weight is 534 g/mol. The van der Waals surface area contributed by atoms with E-state index in [1.165, 1.54) is 24.1 Å². The summed E-state index contributed by atoms with van der Waals surface area (Å²) in [4.78, 5) is 31.7. The molecule has 2 aromatic carbocycles. The lowest BCUT2D eigenvalue weighted by molar-refractivity contribution is -0.132. The molecule has 0 aliphatic carbocycles. The Morgan fingerprint density at radius 1 is 1.12 bits per heavy atom. The van der Waals surface area contributed by atoms with Crippen LogP contribution in [0.2, 0.25) is 10.0 Å². The highest BCUT2D eigenvalue weighted by molar-refractivity contribution is 9.10. The van der Waals surface area contributed by atoms with Gasteiger partial charge in [-0.25, -0.2) is 0 Å². The first-order valence-corrected chi connectivity index (χ1v) is 10.9. The Hall–Kier alpha value is -2.87. The number of hydrogen-bond donors (Lipinski definition) is 1. The van der Waals surface area contributed by atoms with Crippen molar-refractivity contribution in [3.05, 3.63) is 92.1 Å². The highest BCUT2D eigenvalue weighted by atomic mass is 79.9. The molecule has 32 heavy (non-hydrogen) atoms. The quantitative estimate of drug-likeness (QED) is 0.261. The molecule has 1 amide bonds. The molecule has 3 aromatic rings. The van der Waals surface area contributed by atoms with Crippen LogP contribution >= 0.6 is 39.1 Å². The van der Waals surface area contributed by atoms with Gasteiger partial charge in [0.15, 0.2) is 0 Å². The first kappa shape index (κ1) is 22.3. The van der Waals surface area contributed by atoms with Crippen molar-refractivity contribution >= 4 is 62.3 Å². The Morgan fingerprint density at radius 2 is 1.84 bits per heavy atom. The Kier molecular flexibility index (Phi) is 6.24. The second-order valence-electron chi connectivity index (χ2n) is 6.90. The predicted octanol–water partition coefficient (Wildman–Crippen LogP) is 5.79. The summed E-state index contributed by atoms with van der Waals surface area (Å²) in [5.41, 5.74) is 1.07. The molecule has 162 valence electrons.